The van der Waals surface area contributed by atoms with Gasteiger partial charge in [-0.2, -0.15) is 0 Å². The van der Waals surface area contributed by atoms with Gasteiger partial charge in [0.2, 0.25) is 5.91 Å². The van der Waals surface area contributed by atoms with Crippen molar-refractivity contribution in [1.82, 2.24) is 10.6 Å². The minimum atomic E-state index is -0.976. The molecule has 1 fully saturated rings. The number of benzene rings is 2. The number of carboxylic acid groups (broad SMARTS) is 1. The summed E-state index contributed by atoms with van der Waals surface area (Å²) in [6.45, 7) is 2.42. The summed E-state index contributed by atoms with van der Waals surface area (Å²) < 4.78 is 11.1. The maximum atomic E-state index is 12.4. The third-order valence-corrected chi connectivity index (χ3v) is 6.33. The van der Waals surface area contributed by atoms with E-state index in [1.54, 1.807) is 0 Å². The minimum absolute atomic E-state index is 0.0206. The molecule has 1 heterocycles. The van der Waals surface area contributed by atoms with Gasteiger partial charge in [-0.25, -0.2) is 4.79 Å². The van der Waals surface area contributed by atoms with E-state index in [2.05, 4.69) is 34.9 Å². The van der Waals surface area contributed by atoms with Gasteiger partial charge in [0.05, 0.1) is 5.92 Å². The quantitative estimate of drug-likeness (QED) is 0.568. The van der Waals surface area contributed by atoms with Crippen LogP contribution in [0.25, 0.3) is 11.1 Å². The van der Waals surface area contributed by atoms with Gasteiger partial charge in [-0.3, -0.25) is 9.59 Å². The SMILES string of the molecule is CC(CNC(=O)C1OCCC1CNC(=O)OCC1c2ccccc2-c2ccccc21)C(=O)O. The van der Waals surface area contributed by atoms with Crippen LogP contribution >= 0.6 is 0 Å². The fourth-order valence-corrected chi connectivity index (χ4v) is 4.44. The van der Waals surface area contributed by atoms with Crippen molar-refractivity contribution in [2.45, 2.75) is 25.4 Å². The third-order valence-electron chi connectivity index (χ3n) is 6.33. The van der Waals surface area contributed by atoms with E-state index in [1.807, 2.05) is 24.3 Å². The fraction of sp³-hybridized carbons (Fsp3) is 0.400. The first-order valence-electron chi connectivity index (χ1n) is 11.2. The summed E-state index contributed by atoms with van der Waals surface area (Å²) in [6, 6.07) is 16.3. The molecule has 3 atom stereocenters. The number of alkyl carbamates (subject to hydrolysis) is 1. The molecule has 1 aliphatic heterocycles. The average Bonchev–Trinajstić information content (AvgIpc) is 3.42. The Bertz CT molecular complexity index is 994. The number of nitrogens with one attached hydrogen (secondary N) is 2. The molecule has 0 radical (unpaired) electrons. The smallest absolute Gasteiger partial charge is 0.407 e. The van der Waals surface area contributed by atoms with Crippen molar-refractivity contribution in [3.8, 4) is 11.1 Å². The topological polar surface area (TPSA) is 114 Å². The molecule has 2 aromatic rings. The van der Waals surface area contributed by atoms with E-state index in [9.17, 15) is 14.4 Å². The molecule has 2 amide bonds. The van der Waals surface area contributed by atoms with Crippen LogP contribution in [0.3, 0.4) is 0 Å². The van der Waals surface area contributed by atoms with Crippen molar-refractivity contribution >= 4 is 18.0 Å². The van der Waals surface area contributed by atoms with Crippen LogP contribution in [0, 0.1) is 11.8 Å². The highest BCUT2D eigenvalue weighted by atomic mass is 16.5. The van der Waals surface area contributed by atoms with Crippen LogP contribution in [0.4, 0.5) is 4.79 Å². The van der Waals surface area contributed by atoms with E-state index >= 15 is 0 Å². The second-order valence-corrected chi connectivity index (χ2v) is 8.53. The first-order valence-corrected chi connectivity index (χ1v) is 11.2. The summed E-state index contributed by atoms with van der Waals surface area (Å²) >= 11 is 0. The molecular formula is C25H28N2O6. The Hall–Kier alpha value is -3.39. The predicted octanol–water partition coefficient (Wildman–Crippen LogP) is 2.77. The lowest BCUT2D eigenvalue weighted by Gasteiger charge is -2.20. The Labute approximate surface area is 192 Å². The molecule has 2 aliphatic rings. The van der Waals surface area contributed by atoms with E-state index < -0.39 is 24.1 Å². The summed E-state index contributed by atoms with van der Waals surface area (Å²) in [5.41, 5.74) is 4.61. The molecule has 0 saturated carbocycles. The Morgan fingerprint density at radius 1 is 1.06 bits per heavy atom. The number of hydrogen-bond donors (Lipinski definition) is 3. The summed E-state index contributed by atoms with van der Waals surface area (Å²) in [4.78, 5) is 35.7. The van der Waals surface area contributed by atoms with Crippen LogP contribution in [0.15, 0.2) is 48.5 Å². The number of aliphatic carboxylic acids is 1. The summed E-state index contributed by atoms with van der Waals surface area (Å²) in [6.07, 6.45) is -0.641. The lowest BCUT2D eigenvalue weighted by atomic mass is 9.98. The highest BCUT2D eigenvalue weighted by Gasteiger charge is 2.35. The molecular weight excluding hydrogens is 424 g/mol. The zero-order valence-electron chi connectivity index (χ0n) is 18.5. The lowest BCUT2D eigenvalue weighted by molar-refractivity contribution is -0.141. The second-order valence-electron chi connectivity index (χ2n) is 8.53. The Balaban J connectivity index is 1.28. The van der Waals surface area contributed by atoms with Gasteiger partial charge in [0.15, 0.2) is 0 Å². The molecule has 33 heavy (non-hydrogen) atoms. The Kier molecular flexibility index (Phi) is 6.93. The van der Waals surface area contributed by atoms with Crippen molar-refractivity contribution < 1.29 is 29.0 Å². The number of carbonyl (C=O) groups excluding carboxylic acids is 2. The average molecular weight is 453 g/mol. The normalized spacial score (nSPS) is 19.9. The highest BCUT2D eigenvalue weighted by molar-refractivity contribution is 5.82. The minimum Gasteiger partial charge on any atom is -0.481 e. The van der Waals surface area contributed by atoms with E-state index in [-0.39, 0.29) is 37.4 Å². The van der Waals surface area contributed by atoms with Gasteiger partial charge in [0.25, 0.3) is 0 Å². The van der Waals surface area contributed by atoms with Crippen LogP contribution in [-0.2, 0) is 19.1 Å². The lowest BCUT2D eigenvalue weighted by Crippen LogP contribution is -2.44. The van der Waals surface area contributed by atoms with Crippen LogP contribution in [0.2, 0.25) is 0 Å². The summed E-state index contributed by atoms with van der Waals surface area (Å²) in [5, 5.41) is 14.3. The van der Waals surface area contributed by atoms with Gasteiger partial charge in [-0.1, -0.05) is 55.5 Å². The van der Waals surface area contributed by atoms with Crippen LogP contribution in [0.1, 0.15) is 30.4 Å². The number of hydrogen-bond acceptors (Lipinski definition) is 5. The van der Waals surface area contributed by atoms with Crippen LogP contribution in [0.5, 0.6) is 0 Å². The molecule has 1 aliphatic carbocycles. The largest absolute Gasteiger partial charge is 0.481 e. The molecule has 0 bridgehead atoms. The first-order chi connectivity index (χ1) is 16.0. The van der Waals surface area contributed by atoms with Gasteiger partial charge in [0, 0.05) is 31.5 Å². The number of rotatable bonds is 8. The molecule has 0 aromatic heterocycles. The molecule has 8 heteroatoms. The highest BCUT2D eigenvalue weighted by Crippen LogP contribution is 2.44. The zero-order chi connectivity index (χ0) is 23.4. The van der Waals surface area contributed by atoms with Gasteiger partial charge in [0.1, 0.15) is 12.7 Å². The van der Waals surface area contributed by atoms with Crippen LogP contribution in [-0.4, -0.2) is 55.5 Å². The molecule has 3 unspecified atom stereocenters. The second kappa shape index (κ2) is 10.0. The monoisotopic (exact) mass is 452 g/mol. The molecule has 4 rings (SSSR count). The van der Waals surface area contributed by atoms with Crippen molar-refractivity contribution in [1.29, 1.82) is 0 Å². The zero-order valence-corrected chi connectivity index (χ0v) is 18.5. The predicted molar refractivity (Wildman–Crippen MR) is 121 cm³/mol. The Morgan fingerprint density at radius 2 is 1.70 bits per heavy atom. The third kappa shape index (κ3) is 5.01. The van der Waals surface area contributed by atoms with Gasteiger partial charge < -0.3 is 25.2 Å². The molecule has 2 aromatic carbocycles. The number of carboxylic acids is 1. The number of amides is 2. The van der Waals surface area contributed by atoms with Crippen molar-refractivity contribution in [2.75, 3.05) is 26.3 Å². The summed E-state index contributed by atoms with van der Waals surface area (Å²) in [5.74, 6) is -2.25. The van der Waals surface area contributed by atoms with Gasteiger partial charge in [-0.05, 0) is 28.7 Å². The van der Waals surface area contributed by atoms with Gasteiger partial charge >= 0.3 is 12.1 Å². The van der Waals surface area contributed by atoms with E-state index in [0.717, 1.165) is 22.3 Å². The maximum Gasteiger partial charge on any atom is 0.407 e. The van der Waals surface area contributed by atoms with Gasteiger partial charge in [-0.15, -0.1) is 0 Å². The van der Waals surface area contributed by atoms with E-state index in [4.69, 9.17) is 14.6 Å². The Morgan fingerprint density at radius 3 is 2.33 bits per heavy atom. The fourth-order valence-electron chi connectivity index (χ4n) is 4.44. The molecule has 8 nitrogen and oxygen atoms in total. The molecule has 1 saturated heterocycles. The molecule has 0 spiro atoms. The van der Waals surface area contributed by atoms with E-state index in [1.165, 1.54) is 6.92 Å². The molecule has 3 N–H and O–H groups in total. The van der Waals surface area contributed by atoms with Crippen molar-refractivity contribution in [3.05, 3.63) is 59.7 Å². The standard InChI is InChI=1S/C25H28N2O6/c1-15(24(29)30)12-26-23(28)22-16(10-11-32-22)13-27-25(31)33-14-21-19-8-4-2-6-17(19)18-7-3-5-9-20(18)21/h2-9,15-16,21-22H,10-14H2,1H3,(H,26,28)(H,27,31)(H,29,30). The maximum absolute atomic E-state index is 12.4. The summed E-state index contributed by atoms with van der Waals surface area (Å²) in [7, 11) is 0. The number of carbonyl (C=O) groups is 3. The number of fused-ring (bicyclic) bond motifs is 3. The molecule has 174 valence electrons. The van der Waals surface area contributed by atoms with Crippen molar-refractivity contribution in [2.24, 2.45) is 11.8 Å². The van der Waals surface area contributed by atoms with Crippen molar-refractivity contribution in [3.63, 3.8) is 0 Å². The first kappa shape index (κ1) is 22.8. The van der Waals surface area contributed by atoms with E-state index in [0.29, 0.717) is 13.0 Å². The van der Waals surface area contributed by atoms with Crippen LogP contribution < -0.4 is 10.6 Å². The number of ether oxygens (including phenoxy) is 2.